The lowest BCUT2D eigenvalue weighted by atomic mass is 10.1. The molecule has 1 aromatic heterocycles. The summed E-state index contributed by atoms with van der Waals surface area (Å²) in [5.74, 6) is -0.484. The molecule has 2 amide bonds. The first-order valence-corrected chi connectivity index (χ1v) is 12.6. The van der Waals surface area contributed by atoms with Gasteiger partial charge in [0.05, 0.1) is 27.4 Å². The summed E-state index contributed by atoms with van der Waals surface area (Å²) in [5, 5.41) is 6.70. The van der Waals surface area contributed by atoms with Crippen LogP contribution in [0.5, 0.6) is 11.5 Å². The first-order valence-electron chi connectivity index (χ1n) is 10.3. The molecule has 0 saturated carbocycles. The van der Waals surface area contributed by atoms with E-state index in [9.17, 15) is 18.0 Å². The number of carbonyl (C=O) groups is 2. The van der Waals surface area contributed by atoms with Crippen LogP contribution >= 0.6 is 11.3 Å². The van der Waals surface area contributed by atoms with Gasteiger partial charge in [-0.3, -0.25) is 9.59 Å². The third-order valence-corrected chi connectivity index (χ3v) is 8.26. The van der Waals surface area contributed by atoms with Crippen molar-refractivity contribution >= 4 is 33.2 Å². The van der Waals surface area contributed by atoms with Crippen molar-refractivity contribution in [2.75, 3.05) is 40.5 Å². The number of thiophene rings is 1. The summed E-state index contributed by atoms with van der Waals surface area (Å²) >= 11 is 1.11. The van der Waals surface area contributed by atoms with E-state index in [1.807, 2.05) is 6.07 Å². The Balaban J connectivity index is 1.50. The van der Waals surface area contributed by atoms with Crippen LogP contribution in [0.25, 0.3) is 0 Å². The summed E-state index contributed by atoms with van der Waals surface area (Å²) in [7, 11) is -0.650. The highest BCUT2D eigenvalue weighted by atomic mass is 32.2. The van der Waals surface area contributed by atoms with Crippen molar-refractivity contribution in [2.45, 2.75) is 23.3 Å². The van der Waals surface area contributed by atoms with Crippen molar-refractivity contribution in [3.8, 4) is 11.5 Å². The summed E-state index contributed by atoms with van der Waals surface area (Å²) in [5.41, 5.74) is 0.901. The lowest BCUT2D eigenvalue weighted by Gasteiger charge is -2.34. The van der Waals surface area contributed by atoms with Crippen LogP contribution in [-0.4, -0.2) is 71.2 Å². The van der Waals surface area contributed by atoms with E-state index >= 15 is 0 Å². The Hall–Kier alpha value is -2.67. The molecule has 1 aliphatic heterocycles. The number of rotatable bonds is 9. The van der Waals surface area contributed by atoms with Gasteiger partial charge in [-0.15, -0.1) is 11.3 Å². The van der Waals surface area contributed by atoms with Gasteiger partial charge in [0.25, 0.3) is 10.0 Å². The second-order valence-corrected chi connectivity index (χ2v) is 10.2. The zero-order chi connectivity index (χ0) is 23.8. The average molecular weight is 498 g/mol. The van der Waals surface area contributed by atoms with Crippen molar-refractivity contribution in [1.29, 1.82) is 0 Å². The lowest BCUT2D eigenvalue weighted by Crippen LogP contribution is -2.53. The van der Waals surface area contributed by atoms with Crippen LogP contribution in [0.1, 0.15) is 12.0 Å². The Kier molecular flexibility index (Phi) is 8.67. The second kappa shape index (κ2) is 11.5. The molecule has 0 bridgehead atoms. The molecule has 0 radical (unpaired) electrons. The molecule has 1 atom stereocenters. The predicted octanol–water partition coefficient (Wildman–Crippen LogP) is 0.978. The lowest BCUT2D eigenvalue weighted by molar-refractivity contribution is -0.140. The average Bonchev–Trinajstić information content (AvgIpc) is 3.38. The SMILES string of the molecule is COc1ccc(CCNC(=O)C(=O)NCC2OCCCN2S(=O)(=O)c2cccs2)cc1OC. The van der Waals surface area contributed by atoms with Gasteiger partial charge in [0.1, 0.15) is 10.4 Å². The fourth-order valence-corrected chi connectivity index (χ4v) is 6.01. The molecule has 1 saturated heterocycles. The molecule has 10 nitrogen and oxygen atoms in total. The van der Waals surface area contributed by atoms with E-state index in [4.69, 9.17) is 14.2 Å². The molecule has 2 heterocycles. The fourth-order valence-electron chi connectivity index (χ4n) is 3.33. The van der Waals surface area contributed by atoms with Crippen LogP contribution in [0.4, 0.5) is 0 Å². The van der Waals surface area contributed by atoms with Gasteiger partial charge in [-0.1, -0.05) is 12.1 Å². The number of carbonyl (C=O) groups excluding carboxylic acids is 2. The molecule has 180 valence electrons. The minimum atomic E-state index is -3.74. The molecule has 1 aliphatic rings. The third kappa shape index (κ3) is 6.22. The zero-order valence-electron chi connectivity index (χ0n) is 18.4. The molecule has 1 fully saturated rings. The number of nitrogens with zero attached hydrogens (tertiary/aromatic N) is 1. The number of ether oxygens (including phenoxy) is 3. The summed E-state index contributed by atoms with van der Waals surface area (Å²) in [4.78, 5) is 24.4. The van der Waals surface area contributed by atoms with Gasteiger partial charge in [-0.2, -0.15) is 4.31 Å². The molecule has 2 N–H and O–H groups in total. The maximum atomic E-state index is 12.8. The van der Waals surface area contributed by atoms with Crippen molar-refractivity contribution in [2.24, 2.45) is 0 Å². The third-order valence-electron chi connectivity index (χ3n) is 5.00. The summed E-state index contributed by atoms with van der Waals surface area (Å²) in [6, 6.07) is 8.59. The van der Waals surface area contributed by atoms with Crippen molar-refractivity contribution < 1.29 is 32.2 Å². The number of benzene rings is 1. The van der Waals surface area contributed by atoms with Crippen molar-refractivity contribution in [3.63, 3.8) is 0 Å². The zero-order valence-corrected chi connectivity index (χ0v) is 20.0. The van der Waals surface area contributed by atoms with Crippen LogP contribution in [0, 0.1) is 0 Å². The highest BCUT2D eigenvalue weighted by Crippen LogP contribution is 2.27. The molecule has 12 heteroatoms. The highest BCUT2D eigenvalue weighted by Gasteiger charge is 2.35. The number of amides is 2. The highest BCUT2D eigenvalue weighted by molar-refractivity contribution is 7.91. The molecule has 0 aliphatic carbocycles. The Bertz CT molecular complexity index is 1060. The summed E-state index contributed by atoms with van der Waals surface area (Å²) in [6.07, 6.45) is 0.151. The van der Waals surface area contributed by atoms with Gasteiger partial charge >= 0.3 is 11.8 Å². The van der Waals surface area contributed by atoms with Crippen LogP contribution in [0.3, 0.4) is 0 Å². The number of hydrogen-bond donors (Lipinski definition) is 2. The first-order chi connectivity index (χ1) is 15.9. The number of hydrogen-bond acceptors (Lipinski definition) is 8. The van der Waals surface area contributed by atoms with Crippen LogP contribution in [0.2, 0.25) is 0 Å². The molecule has 2 aromatic rings. The topological polar surface area (TPSA) is 123 Å². The van der Waals surface area contributed by atoms with Crippen LogP contribution in [0.15, 0.2) is 39.9 Å². The normalized spacial score (nSPS) is 16.7. The van der Waals surface area contributed by atoms with Gasteiger partial charge in [-0.25, -0.2) is 8.42 Å². The van der Waals surface area contributed by atoms with E-state index < -0.39 is 28.1 Å². The van der Waals surface area contributed by atoms with Gasteiger partial charge in [0.15, 0.2) is 11.5 Å². The quantitative estimate of drug-likeness (QED) is 0.495. The fraction of sp³-hybridized carbons (Fsp3) is 0.429. The summed E-state index contributed by atoms with van der Waals surface area (Å²) in [6.45, 7) is 0.750. The number of nitrogens with one attached hydrogen (secondary N) is 2. The van der Waals surface area contributed by atoms with E-state index in [1.165, 1.54) is 17.5 Å². The van der Waals surface area contributed by atoms with Gasteiger partial charge in [0.2, 0.25) is 0 Å². The van der Waals surface area contributed by atoms with Crippen molar-refractivity contribution in [1.82, 2.24) is 14.9 Å². The molecule has 33 heavy (non-hydrogen) atoms. The smallest absolute Gasteiger partial charge is 0.309 e. The molecular formula is C21H27N3O7S2. The Morgan fingerprint density at radius 3 is 2.61 bits per heavy atom. The second-order valence-electron chi connectivity index (χ2n) is 7.13. The monoisotopic (exact) mass is 497 g/mol. The standard InChI is InChI=1S/C21H27N3O7S2/c1-29-16-7-6-15(13-17(16)30-2)8-9-22-20(25)21(26)23-14-18-24(10-4-11-31-18)33(27,28)19-5-3-12-32-19/h3,5-7,12-13,18H,4,8-11,14H2,1-2H3,(H,22,25)(H,23,26). The minimum absolute atomic E-state index is 0.132. The molecule has 3 rings (SSSR count). The Morgan fingerprint density at radius 1 is 1.15 bits per heavy atom. The van der Waals surface area contributed by atoms with Crippen molar-refractivity contribution in [3.05, 3.63) is 41.3 Å². The van der Waals surface area contributed by atoms with Gasteiger partial charge in [-0.05, 0) is 42.0 Å². The Labute approximate surface area is 196 Å². The molecule has 0 spiro atoms. The molecule has 1 aromatic carbocycles. The minimum Gasteiger partial charge on any atom is -0.493 e. The molecular weight excluding hydrogens is 470 g/mol. The molecule has 1 unspecified atom stereocenters. The first kappa shape index (κ1) is 25.0. The van der Waals surface area contributed by atoms with Crippen LogP contribution in [-0.2, 0) is 30.8 Å². The van der Waals surface area contributed by atoms with E-state index in [0.717, 1.165) is 16.9 Å². The van der Waals surface area contributed by atoms with E-state index in [0.29, 0.717) is 30.9 Å². The number of sulfonamides is 1. The van der Waals surface area contributed by atoms with Gasteiger partial charge < -0.3 is 24.8 Å². The van der Waals surface area contributed by atoms with Crippen LogP contribution < -0.4 is 20.1 Å². The van der Waals surface area contributed by atoms with E-state index in [-0.39, 0.29) is 23.8 Å². The van der Waals surface area contributed by atoms with Gasteiger partial charge in [0, 0.05) is 13.1 Å². The summed E-state index contributed by atoms with van der Waals surface area (Å²) < 4.78 is 43.1. The number of methoxy groups -OCH3 is 2. The Morgan fingerprint density at radius 2 is 1.91 bits per heavy atom. The van der Waals surface area contributed by atoms with E-state index in [2.05, 4.69) is 10.6 Å². The predicted molar refractivity (Wildman–Crippen MR) is 122 cm³/mol. The maximum Gasteiger partial charge on any atom is 0.309 e. The maximum absolute atomic E-state index is 12.8. The van der Waals surface area contributed by atoms with E-state index in [1.54, 1.807) is 30.7 Å². The largest absolute Gasteiger partial charge is 0.493 e.